The predicted octanol–water partition coefficient (Wildman–Crippen LogP) is 6.27. The van der Waals surface area contributed by atoms with Crippen molar-refractivity contribution in [1.82, 2.24) is 4.90 Å². The van der Waals surface area contributed by atoms with Crippen LogP contribution in [0.1, 0.15) is 58.6 Å². The highest BCUT2D eigenvalue weighted by atomic mass is 16.5. The number of furan rings is 1. The van der Waals surface area contributed by atoms with Crippen LogP contribution in [-0.2, 0) is 4.74 Å². The summed E-state index contributed by atoms with van der Waals surface area (Å²) in [5.74, 6) is 0.278. The van der Waals surface area contributed by atoms with Gasteiger partial charge >= 0.3 is 5.97 Å². The molecule has 1 aliphatic heterocycles. The van der Waals surface area contributed by atoms with Crippen molar-refractivity contribution in [2.45, 2.75) is 39.7 Å². The van der Waals surface area contributed by atoms with Crippen molar-refractivity contribution in [3.8, 4) is 5.75 Å². The van der Waals surface area contributed by atoms with E-state index in [0.717, 1.165) is 42.3 Å². The molecule has 5 heteroatoms. The zero-order valence-corrected chi connectivity index (χ0v) is 19.4. The number of rotatable bonds is 5. The fourth-order valence-electron chi connectivity index (χ4n) is 5.17. The molecule has 1 fully saturated rings. The van der Waals surface area contributed by atoms with E-state index in [0.29, 0.717) is 27.9 Å². The monoisotopic (exact) mass is 443 g/mol. The van der Waals surface area contributed by atoms with Gasteiger partial charge in [-0.2, -0.15) is 0 Å². The van der Waals surface area contributed by atoms with E-state index in [-0.39, 0.29) is 18.4 Å². The Morgan fingerprint density at radius 2 is 1.73 bits per heavy atom. The van der Waals surface area contributed by atoms with Crippen molar-refractivity contribution in [3.05, 3.63) is 76.5 Å². The number of fused-ring (bicyclic) bond motifs is 3. The van der Waals surface area contributed by atoms with Gasteiger partial charge in [-0.25, -0.2) is 4.79 Å². The molecule has 170 valence electrons. The van der Waals surface area contributed by atoms with E-state index in [1.165, 1.54) is 5.56 Å². The average molecular weight is 444 g/mol. The number of carbonyl (C=O) groups is 1. The van der Waals surface area contributed by atoms with Crippen LogP contribution in [0, 0.1) is 13.8 Å². The van der Waals surface area contributed by atoms with Crippen LogP contribution in [0.25, 0.3) is 21.7 Å². The fourth-order valence-corrected chi connectivity index (χ4v) is 5.17. The molecular formula is C28H29NO4. The van der Waals surface area contributed by atoms with Crippen LogP contribution in [0.15, 0.2) is 52.9 Å². The van der Waals surface area contributed by atoms with E-state index in [1.54, 1.807) is 13.8 Å². The second-order valence-corrected chi connectivity index (χ2v) is 8.82. The van der Waals surface area contributed by atoms with E-state index < -0.39 is 5.97 Å². The Labute approximate surface area is 193 Å². The highest BCUT2D eigenvalue weighted by Gasteiger charge is 2.34. The second kappa shape index (κ2) is 8.56. The van der Waals surface area contributed by atoms with Gasteiger partial charge in [-0.3, -0.25) is 4.90 Å². The molecule has 1 atom stereocenters. The lowest BCUT2D eigenvalue weighted by molar-refractivity contribution is 0.0526. The van der Waals surface area contributed by atoms with Crippen molar-refractivity contribution < 1.29 is 19.1 Å². The number of benzene rings is 3. The van der Waals surface area contributed by atoms with Crippen molar-refractivity contribution in [2.75, 3.05) is 19.7 Å². The molecule has 0 amide bonds. The molecular weight excluding hydrogens is 414 g/mol. The summed E-state index contributed by atoms with van der Waals surface area (Å²) in [5.41, 5.74) is 4.00. The molecule has 1 saturated heterocycles. The average Bonchev–Trinajstić information content (AvgIpc) is 3.45. The maximum atomic E-state index is 13.1. The van der Waals surface area contributed by atoms with Crippen LogP contribution >= 0.6 is 0 Å². The number of phenols is 1. The lowest BCUT2D eigenvalue weighted by Crippen LogP contribution is -2.27. The van der Waals surface area contributed by atoms with Gasteiger partial charge < -0.3 is 14.3 Å². The van der Waals surface area contributed by atoms with Gasteiger partial charge in [0.2, 0.25) is 0 Å². The maximum Gasteiger partial charge on any atom is 0.342 e. The van der Waals surface area contributed by atoms with Crippen LogP contribution in [-0.4, -0.2) is 35.7 Å². The van der Waals surface area contributed by atoms with Crippen molar-refractivity contribution >= 4 is 27.7 Å². The summed E-state index contributed by atoms with van der Waals surface area (Å²) in [7, 11) is 0. The number of phenolic OH excluding ortho intramolecular Hbond substituents is 1. The third-order valence-corrected chi connectivity index (χ3v) is 6.69. The molecule has 0 spiro atoms. The lowest BCUT2D eigenvalue weighted by atomic mass is 9.88. The molecule has 0 bridgehead atoms. The first-order chi connectivity index (χ1) is 16.0. The van der Waals surface area contributed by atoms with Crippen molar-refractivity contribution in [2.24, 2.45) is 0 Å². The first kappa shape index (κ1) is 21.5. The number of hydrogen-bond acceptors (Lipinski definition) is 5. The number of carbonyl (C=O) groups excluding carboxylic acids is 1. The Morgan fingerprint density at radius 3 is 2.39 bits per heavy atom. The summed E-state index contributed by atoms with van der Waals surface area (Å²) in [5, 5.41) is 13.9. The van der Waals surface area contributed by atoms with Crippen LogP contribution < -0.4 is 0 Å². The minimum absolute atomic E-state index is 0.196. The van der Waals surface area contributed by atoms with Gasteiger partial charge in [-0.05, 0) is 52.3 Å². The minimum atomic E-state index is -0.422. The summed E-state index contributed by atoms with van der Waals surface area (Å²) >= 11 is 0. The summed E-state index contributed by atoms with van der Waals surface area (Å²) in [6.07, 6.45) is 2.21. The number of aryl methyl sites for hydroxylation is 2. The predicted molar refractivity (Wildman–Crippen MR) is 130 cm³/mol. The van der Waals surface area contributed by atoms with Crippen LogP contribution in [0.2, 0.25) is 0 Å². The molecule has 0 aliphatic carbocycles. The molecule has 0 radical (unpaired) electrons. The molecule has 1 aromatic heterocycles. The summed E-state index contributed by atoms with van der Waals surface area (Å²) in [4.78, 5) is 15.5. The van der Waals surface area contributed by atoms with E-state index in [2.05, 4.69) is 36.1 Å². The Morgan fingerprint density at radius 1 is 1.06 bits per heavy atom. The van der Waals surface area contributed by atoms with Gasteiger partial charge in [0, 0.05) is 21.7 Å². The first-order valence-electron chi connectivity index (χ1n) is 11.7. The van der Waals surface area contributed by atoms with Crippen molar-refractivity contribution in [3.63, 3.8) is 0 Å². The molecule has 3 aromatic carbocycles. The van der Waals surface area contributed by atoms with Crippen LogP contribution in [0.5, 0.6) is 5.75 Å². The molecule has 2 heterocycles. The summed E-state index contributed by atoms with van der Waals surface area (Å²) in [6.45, 7) is 7.78. The lowest BCUT2D eigenvalue weighted by Gasteiger charge is -2.30. The highest BCUT2D eigenvalue weighted by molar-refractivity contribution is 6.16. The SMILES string of the molecule is CCOC(=O)c1c(C)oc2c1c([C@H](c1ccc(C)cc1)N1CCCC1)c(O)c1ccccc12. The third-order valence-electron chi connectivity index (χ3n) is 6.69. The smallest absolute Gasteiger partial charge is 0.342 e. The maximum absolute atomic E-state index is 13.1. The van der Waals surface area contributed by atoms with Crippen molar-refractivity contribution in [1.29, 1.82) is 0 Å². The minimum Gasteiger partial charge on any atom is -0.507 e. The fraction of sp³-hybridized carbons (Fsp3) is 0.321. The Bertz CT molecular complexity index is 1330. The van der Waals surface area contributed by atoms with Gasteiger partial charge in [0.15, 0.2) is 0 Å². The molecule has 1 aliphatic rings. The zero-order valence-electron chi connectivity index (χ0n) is 19.4. The number of aromatic hydroxyl groups is 1. The Balaban J connectivity index is 1.90. The van der Waals surface area contributed by atoms with E-state index >= 15 is 0 Å². The number of likely N-dealkylation sites (tertiary alicyclic amines) is 1. The first-order valence-corrected chi connectivity index (χ1v) is 11.7. The van der Waals surface area contributed by atoms with E-state index in [1.807, 2.05) is 24.3 Å². The quantitative estimate of drug-likeness (QED) is 0.368. The Kier molecular flexibility index (Phi) is 5.59. The van der Waals surface area contributed by atoms with Gasteiger partial charge in [0.1, 0.15) is 22.7 Å². The number of nitrogens with zero attached hydrogens (tertiary/aromatic N) is 1. The molecule has 5 nitrogen and oxygen atoms in total. The van der Waals surface area contributed by atoms with Crippen LogP contribution in [0.4, 0.5) is 0 Å². The number of hydrogen-bond donors (Lipinski definition) is 1. The van der Waals surface area contributed by atoms with E-state index in [9.17, 15) is 9.90 Å². The molecule has 0 unspecified atom stereocenters. The normalized spacial score (nSPS) is 15.4. The molecule has 1 N–H and O–H groups in total. The van der Waals surface area contributed by atoms with Crippen LogP contribution in [0.3, 0.4) is 0 Å². The number of esters is 1. The molecule has 4 aromatic rings. The van der Waals surface area contributed by atoms with Gasteiger partial charge in [0.05, 0.1) is 12.6 Å². The van der Waals surface area contributed by atoms with Gasteiger partial charge in [0.25, 0.3) is 0 Å². The van der Waals surface area contributed by atoms with E-state index in [4.69, 9.17) is 9.15 Å². The molecule has 5 rings (SSSR count). The summed E-state index contributed by atoms with van der Waals surface area (Å²) in [6, 6.07) is 15.9. The number of ether oxygens (including phenoxy) is 1. The summed E-state index contributed by atoms with van der Waals surface area (Å²) < 4.78 is 11.6. The zero-order chi connectivity index (χ0) is 23.1. The second-order valence-electron chi connectivity index (χ2n) is 8.82. The van der Waals surface area contributed by atoms with Gasteiger partial charge in [-0.15, -0.1) is 0 Å². The topological polar surface area (TPSA) is 62.9 Å². The largest absolute Gasteiger partial charge is 0.507 e. The Hall–Kier alpha value is -3.31. The highest BCUT2D eigenvalue weighted by Crippen LogP contribution is 2.47. The third kappa shape index (κ3) is 3.57. The molecule has 0 saturated carbocycles. The molecule has 33 heavy (non-hydrogen) atoms. The van der Waals surface area contributed by atoms with Gasteiger partial charge in [-0.1, -0.05) is 54.1 Å². The standard InChI is InChI=1S/C28H29NO4/c1-4-32-28(31)22-18(3)33-27-21-10-6-5-9-20(21)26(30)24(23(22)27)25(29-15-7-8-16-29)19-13-11-17(2)12-14-19/h5-6,9-14,25,30H,4,7-8,15-16H2,1-3H3/t25-/m0/s1.